The van der Waals surface area contributed by atoms with E-state index < -0.39 is 34.5 Å². The minimum atomic E-state index is -4.21. The zero-order valence-electron chi connectivity index (χ0n) is 22.0. The molecule has 0 spiro atoms. The molecule has 0 saturated heterocycles. The number of carbonyl (C=O) groups is 2. The van der Waals surface area contributed by atoms with Crippen LogP contribution in [-0.2, 0) is 26.3 Å². The normalized spacial score (nSPS) is 15.3. The molecule has 10 heteroatoms. The Morgan fingerprint density at radius 2 is 1.65 bits per heavy atom. The molecule has 2 aromatic rings. The summed E-state index contributed by atoms with van der Waals surface area (Å²) >= 11 is 0. The molecule has 1 atom stereocenters. The number of amides is 2. The summed E-state index contributed by atoms with van der Waals surface area (Å²) in [4.78, 5) is 28.3. The van der Waals surface area contributed by atoms with Crippen LogP contribution in [0.3, 0.4) is 0 Å². The van der Waals surface area contributed by atoms with Gasteiger partial charge in [-0.25, -0.2) is 8.70 Å². The molecule has 0 radical (unpaired) electrons. The number of benzene rings is 2. The van der Waals surface area contributed by atoms with Gasteiger partial charge in [0.15, 0.2) is 0 Å². The molecule has 8 nitrogen and oxygen atoms in total. The van der Waals surface area contributed by atoms with E-state index in [1.54, 1.807) is 6.92 Å². The van der Waals surface area contributed by atoms with E-state index >= 15 is 0 Å². The van der Waals surface area contributed by atoms with Crippen molar-refractivity contribution in [2.24, 2.45) is 0 Å². The van der Waals surface area contributed by atoms with Crippen LogP contribution in [0.25, 0.3) is 0 Å². The van der Waals surface area contributed by atoms with Crippen molar-refractivity contribution < 1.29 is 22.4 Å². The number of aryl methyl sites for hydroxylation is 1. The summed E-state index contributed by atoms with van der Waals surface area (Å²) < 4.78 is 42.7. The third-order valence-electron chi connectivity index (χ3n) is 6.73. The summed E-state index contributed by atoms with van der Waals surface area (Å²) in [6, 6.07) is 12.2. The SMILES string of the molecule is Cc1ccc(CN(C(=O)CN(c2ccccc2F)S(=O)(=O)N(C)C)[C@H](C)C(=O)NC2CCCCC2)cc1. The van der Waals surface area contributed by atoms with Gasteiger partial charge in [0.05, 0.1) is 5.69 Å². The smallest absolute Gasteiger partial charge is 0.304 e. The van der Waals surface area contributed by atoms with E-state index in [0.717, 1.165) is 57.9 Å². The number of nitrogens with one attached hydrogen (secondary N) is 1. The van der Waals surface area contributed by atoms with Crippen LogP contribution in [0.5, 0.6) is 0 Å². The van der Waals surface area contributed by atoms with Gasteiger partial charge in [-0.05, 0) is 44.4 Å². The zero-order chi connectivity index (χ0) is 27.2. The lowest BCUT2D eigenvalue weighted by atomic mass is 9.95. The molecule has 0 aliphatic heterocycles. The third-order valence-corrected chi connectivity index (χ3v) is 8.54. The first-order valence-corrected chi connectivity index (χ1v) is 14.0. The van der Waals surface area contributed by atoms with Gasteiger partial charge >= 0.3 is 10.2 Å². The highest BCUT2D eigenvalue weighted by Gasteiger charge is 2.34. The van der Waals surface area contributed by atoms with Gasteiger partial charge in [0.2, 0.25) is 11.8 Å². The van der Waals surface area contributed by atoms with Gasteiger partial charge in [-0.1, -0.05) is 61.2 Å². The van der Waals surface area contributed by atoms with Gasteiger partial charge in [0.1, 0.15) is 18.4 Å². The number of rotatable bonds is 10. The number of carbonyl (C=O) groups excluding carboxylic acids is 2. The summed E-state index contributed by atoms with van der Waals surface area (Å²) in [5, 5.41) is 3.06. The molecule has 202 valence electrons. The monoisotopic (exact) mass is 532 g/mol. The second kappa shape index (κ2) is 12.5. The number of nitrogens with zero attached hydrogens (tertiary/aromatic N) is 3. The maximum Gasteiger partial charge on any atom is 0.304 e. The van der Waals surface area contributed by atoms with Gasteiger partial charge in [0.25, 0.3) is 0 Å². The first-order chi connectivity index (χ1) is 17.5. The summed E-state index contributed by atoms with van der Waals surface area (Å²) in [6.07, 6.45) is 5.03. The van der Waals surface area contributed by atoms with Crippen molar-refractivity contribution >= 4 is 27.7 Å². The molecule has 1 aliphatic rings. The Morgan fingerprint density at radius 1 is 1.03 bits per heavy atom. The minimum Gasteiger partial charge on any atom is -0.352 e. The molecule has 0 aromatic heterocycles. The van der Waals surface area contributed by atoms with E-state index in [1.807, 2.05) is 31.2 Å². The minimum absolute atomic E-state index is 0.0593. The van der Waals surface area contributed by atoms with Gasteiger partial charge in [-0.2, -0.15) is 12.7 Å². The number of para-hydroxylation sites is 1. The topological polar surface area (TPSA) is 90.0 Å². The molecule has 1 saturated carbocycles. The lowest BCUT2D eigenvalue weighted by Crippen LogP contribution is -2.53. The largest absolute Gasteiger partial charge is 0.352 e. The molecule has 2 aromatic carbocycles. The Hall–Kier alpha value is -2.98. The Morgan fingerprint density at radius 3 is 2.24 bits per heavy atom. The highest BCUT2D eigenvalue weighted by Crippen LogP contribution is 2.24. The van der Waals surface area contributed by atoms with Gasteiger partial charge in [-0.3, -0.25) is 9.59 Å². The van der Waals surface area contributed by atoms with Crippen LogP contribution in [0.4, 0.5) is 10.1 Å². The van der Waals surface area contributed by atoms with Crippen LogP contribution in [-0.4, -0.2) is 62.2 Å². The van der Waals surface area contributed by atoms with Gasteiger partial charge in [0, 0.05) is 26.7 Å². The predicted molar refractivity (Wildman–Crippen MR) is 143 cm³/mol. The molecule has 1 aliphatic carbocycles. The summed E-state index contributed by atoms with van der Waals surface area (Å²) in [6.45, 7) is 3.03. The van der Waals surface area contributed by atoms with Crippen molar-refractivity contribution in [1.82, 2.24) is 14.5 Å². The van der Waals surface area contributed by atoms with E-state index in [2.05, 4.69) is 5.32 Å². The van der Waals surface area contributed by atoms with Crippen molar-refractivity contribution in [2.45, 2.75) is 64.6 Å². The fraction of sp³-hybridized carbons (Fsp3) is 0.481. The van der Waals surface area contributed by atoms with E-state index in [1.165, 1.54) is 37.2 Å². The fourth-order valence-corrected chi connectivity index (χ4v) is 5.46. The van der Waals surface area contributed by atoms with Gasteiger partial charge in [-0.15, -0.1) is 0 Å². The second-order valence-electron chi connectivity index (χ2n) is 9.77. The number of hydrogen-bond donors (Lipinski definition) is 1. The first kappa shape index (κ1) is 28.6. The van der Waals surface area contributed by atoms with Crippen molar-refractivity contribution in [3.8, 4) is 0 Å². The van der Waals surface area contributed by atoms with E-state index in [4.69, 9.17) is 0 Å². The molecule has 3 rings (SSSR count). The van der Waals surface area contributed by atoms with Crippen LogP contribution in [0.1, 0.15) is 50.2 Å². The molecule has 37 heavy (non-hydrogen) atoms. The van der Waals surface area contributed by atoms with Crippen LogP contribution >= 0.6 is 0 Å². The fourth-order valence-electron chi connectivity index (χ4n) is 4.40. The zero-order valence-corrected chi connectivity index (χ0v) is 22.8. The van der Waals surface area contributed by atoms with E-state index in [0.29, 0.717) is 0 Å². The Balaban J connectivity index is 1.92. The average Bonchev–Trinajstić information content (AvgIpc) is 2.87. The van der Waals surface area contributed by atoms with Crippen LogP contribution in [0, 0.1) is 12.7 Å². The molecule has 1 N–H and O–H groups in total. The maximum atomic E-state index is 14.7. The quantitative estimate of drug-likeness (QED) is 0.506. The van der Waals surface area contributed by atoms with Crippen LogP contribution in [0.2, 0.25) is 0 Å². The lowest BCUT2D eigenvalue weighted by Gasteiger charge is -2.34. The summed E-state index contributed by atoms with van der Waals surface area (Å²) in [5.74, 6) is -1.67. The Kier molecular flexibility index (Phi) is 9.67. The molecule has 0 bridgehead atoms. The predicted octanol–water partition coefficient (Wildman–Crippen LogP) is 3.61. The third kappa shape index (κ3) is 7.29. The second-order valence-corrected chi connectivity index (χ2v) is 11.8. The average molecular weight is 533 g/mol. The standard InChI is InChI=1S/C27H37FN4O4S/c1-20-14-16-22(17-15-20)18-31(21(2)27(34)29-23-10-6-5-7-11-23)26(33)19-32(37(35,36)30(3)4)25-13-9-8-12-24(25)28/h8-9,12-17,21,23H,5-7,10-11,18-19H2,1-4H3,(H,29,34)/t21-/m1/s1. The van der Waals surface area contributed by atoms with Crippen molar-refractivity contribution in [2.75, 3.05) is 24.9 Å². The van der Waals surface area contributed by atoms with Crippen molar-refractivity contribution in [1.29, 1.82) is 0 Å². The molecule has 0 unspecified atom stereocenters. The van der Waals surface area contributed by atoms with Crippen LogP contribution in [0.15, 0.2) is 48.5 Å². The summed E-state index contributed by atoms with van der Waals surface area (Å²) in [7, 11) is -1.58. The number of hydrogen-bond acceptors (Lipinski definition) is 4. The first-order valence-electron chi connectivity index (χ1n) is 12.6. The summed E-state index contributed by atoms with van der Waals surface area (Å²) in [5.41, 5.74) is 1.61. The van der Waals surface area contributed by atoms with E-state index in [9.17, 15) is 22.4 Å². The molecular formula is C27H37FN4O4S. The molecule has 2 amide bonds. The number of anilines is 1. The van der Waals surface area contributed by atoms with Crippen LogP contribution < -0.4 is 9.62 Å². The van der Waals surface area contributed by atoms with Gasteiger partial charge < -0.3 is 10.2 Å². The molecule has 1 fully saturated rings. The van der Waals surface area contributed by atoms with Crippen molar-refractivity contribution in [3.05, 3.63) is 65.5 Å². The number of halogens is 1. The van der Waals surface area contributed by atoms with E-state index in [-0.39, 0.29) is 24.2 Å². The highest BCUT2D eigenvalue weighted by atomic mass is 32.2. The lowest BCUT2D eigenvalue weighted by molar-refractivity contribution is -0.139. The molecule has 0 heterocycles. The molecular weight excluding hydrogens is 495 g/mol. The maximum absolute atomic E-state index is 14.7. The Labute approximate surface area is 219 Å². The highest BCUT2D eigenvalue weighted by molar-refractivity contribution is 7.90. The Bertz CT molecular complexity index is 1180. The van der Waals surface area contributed by atoms with Crippen molar-refractivity contribution in [3.63, 3.8) is 0 Å².